The van der Waals surface area contributed by atoms with Gasteiger partial charge in [-0.2, -0.15) is 0 Å². The Kier molecular flexibility index (Phi) is 2.07. The van der Waals surface area contributed by atoms with E-state index in [-0.39, 0.29) is 0 Å². The molecule has 1 heterocycles. The Hall–Kier alpha value is -1.96. The number of nitrogens with one attached hydrogen (secondary N) is 1. The van der Waals surface area contributed by atoms with Gasteiger partial charge in [0.2, 0.25) is 0 Å². The molecule has 0 radical (unpaired) electrons. The molecule has 2 heteroatoms. The zero-order valence-electron chi connectivity index (χ0n) is 9.27. The van der Waals surface area contributed by atoms with E-state index in [1.165, 1.54) is 22.7 Å². The first kappa shape index (κ1) is 9.28. The second-order valence-corrected chi connectivity index (χ2v) is 3.90. The third-order valence-corrected chi connectivity index (χ3v) is 2.98. The molecule has 0 bridgehead atoms. The summed E-state index contributed by atoms with van der Waals surface area (Å²) in [4.78, 5) is 2.33. The Morgan fingerprint density at radius 2 is 1.38 bits per heavy atom. The normalized spacial score (nSPS) is 12.7. The van der Waals surface area contributed by atoms with Gasteiger partial charge < -0.3 is 10.2 Å². The predicted molar refractivity (Wildman–Crippen MR) is 68.8 cm³/mol. The molecule has 0 amide bonds. The van der Waals surface area contributed by atoms with E-state index in [4.69, 9.17) is 0 Å². The molecule has 80 valence electrons. The number of hydrogen-bond acceptors (Lipinski definition) is 2. The lowest BCUT2D eigenvalue weighted by atomic mass is 10.1. The summed E-state index contributed by atoms with van der Waals surface area (Å²) in [6, 6.07) is 16.8. The molecule has 2 aromatic rings. The molecule has 2 nitrogen and oxygen atoms in total. The van der Waals surface area contributed by atoms with Gasteiger partial charge in [0.25, 0.3) is 0 Å². The molecule has 0 saturated carbocycles. The van der Waals surface area contributed by atoms with Gasteiger partial charge in [-0.15, -0.1) is 0 Å². The topological polar surface area (TPSA) is 15.3 Å². The SMILES string of the molecule is CCN1c2ccccc2Nc2ccccc21. The summed E-state index contributed by atoms with van der Waals surface area (Å²) in [5.74, 6) is 0. The highest BCUT2D eigenvalue weighted by atomic mass is 15.2. The van der Waals surface area contributed by atoms with Gasteiger partial charge in [0, 0.05) is 6.54 Å². The van der Waals surface area contributed by atoms with E-state index < -0.39 is 0 Å². The van der Waals surface area contributed by atoms with Crippen molar-refractivity contribution >= 4 is 22.7 Å². The largest absolute Gasteiger partial charge is 0.352 e. The van der Waals surface area contributed by atoms with Crippen LogP contribution in [-0.4, -0.2) is 6.54 Å². The summed E-state index contributed by atoms with van der Waals surface area (Å²) < 4.78 is 0. The third kappa shape index (κ3) is 1.27. The van der Waals surface area contributed by atoms with Crippen LogP contribution in [0.3, 0.4) is 0 Å². The second-order valence-electron chi connectivity index (χ2n) is 3.90. The van der Waals surface area contributed by atoms with Crippen molar-refractivity contribution < 1.29 is 0 Å². The van der Waals surface area contributed by atoms with Gasteiger partial charge in [-0.25, -0.2) is 0 Å². The maximum absolute atomic E-state index is 3.46. The van der Waals surface area contributed by atoms with Gasteiger partial charge in [0.1, 0.15) is 0 Å². The van der Waals surface area contributed by atoms with Crippen molar-refractivity contribution in [3.8, 4) is 0 Å². The molecule has 0 aliphatic carbocycles. The first-order valence-electron chi connectivity index (χ1n) is 5.63. The summed E-state index contributed by atoms with van der Waals surface area (Å²) >= 11 is 0. The molecule has 3 rings (SSSR count). The molecule has 1 aliphatic heterocycles. The molecule has 1 aliphatic rings. The van der Waals surface area contributed by atoms with Crippen LogP contribution in [0.4, 0.5) is 22.7 Å². The van der Waals surface area contributed by atoms with Crippen LogP contribution < -0.4 is 10.2 Å². The summed E-state index contributed by atoms with van der Waals surface area (Å²) in [5, 5.41) is 3.46. The molecule has 0 fully saturated rings. The number of para-hydroxylation sites is 4. The highest BCUT2D eigenvalue weighted by Crippen LogP contribution is 2.42. The number of rotatable bonds is 1. The van der Waals surface area contributed by atoms with E-state index in [0.29, 0.717) is 0 Å². The smallest absolute Gasteiger partial charge is 0.0650 e. The average Bonchev–Trinajstić information content (AvgIpc) is 2.36. The van der Waals surface area contributed by atoms with Gasteiger partial charge >= 0.3 is 0 Å². The van der Waals surface area contributed by atoms with E-state index >= 15 is 0 Å². The first-order chi connectivity index (χ1) is 7.90. The average molecular weight is 210 g/mol. The van der Waals surface area contributed by atoms with Crippen LogP contribution in [0, 0.1) is 0 Å². The zero-order chi connectivity index (χ0) is 11.0. The Bertz CT molecular complexity index is 474. The lowest BCUT2D eigenvalue weighted by Gasteiger charge is -2.32. The van der Waals surface area contributed by atoms with Crippen molar-refractivity contribution in [3.63, 3.8) is 0 Å². The zero-order valence-corrected chi connectivity index (χ0v) is 9.27. The lowest BCUT2D eigenvalue weighted by Crippen LogP contribution is -2.21. The fourth-order valence-electron chi connectivity index (χ4n) is 2.24. The Morgan fingerprint density at radius 1 is 0.875 bits per heavy atom. The van der Waals surface area contributed by atoms with Crippen molar-refractivity contribution in [1.82, 2.24) is 0 Å². The lowest BCUT2D eigenvalue weighted by molar-refractivity contribution is 1.02. The fraction of sp³-hybridized carbons (Fsp3) is 0.143. The fourth-order valence-corrected chi connectivity index (χ4v) is 2.24. The quantitative estimate of drug-likeness (QED) is 0.767. The Labute approximate surface area is 95.5 Å². The predicted octanol–water partition coefficient (Wildman–Crippen LogP) is 3.90. The van der Waals surface area contributed by atoms with Crippen LogP contribution in [0.5, 0.6) is 0 Å². The van der Waals surface area contributed by atoms with E-state index in [1.807, 2.05) is 0 Å². The Morgan fingerprint density at radius 3 is 1.88 bits per heavy atom. The summed E-state index contributed by atoms with van der Waals surface area (Å²) in [5.41, 5.74) is 4.87. The molecule has 16 heavy (non-hydrogen) atoms. The molecular weight excluding hydrogens is 196 g/mol. The van der Waals surface area contributed by atoms with Gasteiger partial charge in [-0.3, -0.25) is 0 Å². The van der Waals surface area contributed by atoms with E-state index in [1.54, 1.807) is 0 Å². The molecule has 0 aromatic heterocycles. The van der Waals surface area contributed by atoms with Crippen LogP contribution in [0.1, 0.15) is 6.92 Å². The van der Waals surface area contributed by atoms with Crippen LogP contribution in [0.2, 0.25) is 0 Å². The maximum atomic E-state index is 3.46. The number of hydrogen-bond donors (Lipinski definition) is 1. The monoisotopic (exact) mass is 210 g/mol. The van der Waals surface area contributed by atoms with Crippen molar-refractivity contribution in [2.24, 2.45) is 0 Å². The minimum Gasteiger partial charge on any atom is -0.352 e. The van der Waals surface area contributed by atoms with Gasteiger partial charge in [0.05, 0.1) is 22.7 Å². The standard InChI is InChI=1S/C14H14N2/c1-2-16-13-9-5-3-7-11(13)15-12-8-4-6-10-14(12)16/h3-10,15H,2H2,1H3. The number of fused-ring (bicyclic) bond motifs is 2. The van der Waals surface area contributed by atoms with Crippen LogP contribution in [0.15, 0.2) is 48.5 Å². The highest BCUT2D eigenvalue weighted by molar-refractivity contribution is 5.91. The van der Waals surface area contributed by atoms with Crippen molar-refractivity contribution in [3.05, 3.63) is 48.5 Å². The van der Waals surface area contributed by atoms with Gasteiger partial charge in [-0.1, -0.05) is 24.3 Å². The van der Waals surface area contributed by atoms with Crippen molar-refractivity contribution in [2.75, 3.05) is 16.8 Å². The number of anilines is 4. The van der Waals surface area contributed by atoms with Crippen LogP contribution in [0.25, 0.3) is 0 Å². The second kappa shape index (κ2) is 3.56. The van der Waals surface area contributed by atoms with Crippen molar-refractivity contribution in [1.29, 1.82) is 0 Å². The molecule has 0 spiro atoms. The number of nitrogens with zero attached hydrogens (tertiary/aromatic N) is 1. The van der Waals surface area contributed by atoms with Crippen LogP contribution >= 0.6 is 0 Å². The minimum absolute atomic E-state index is 0.982. The molecular formula is C14H14N2. The minimum atomic E-state index is 0.982. The van der Waals surface area contributed by atoms with E-state index in [0.717, 1.165) is 6.54 Å². The highest BCUT2D eigenvalue weighted by Gasteiger charge is 2.19. The van der Waals surface area contributed by atoms with E-state index in [9.17, 15) is 0 Å². The molecule has 1 N–H and O–H groups in total. The molecule has 0 saturated heterocycles. The first-order valence-corrected chi connectivity index (χ1v) is 5.63. The van der Waals surface area contributed by atoms with Crippen molar-refractivity contribution in [2.45, 2.75) is 6.92 Å². The third-order valence-electron chi connectivity index (χ3n) is 2.98. The van der Waals surface area contributed by atoms with Gasteiger partial charge in [0.15, 0.2) is 0 Å². The number of benzene rings is 2. The molecule has 0 atom stereocenters. The Balaban J connectivity index is 2.19. The molecule has 0 unspecified atom stereocenters. The summed E-state index contributed by atoms with van der Waals surface area (Å²) in [6.45, 7) is 3.16. The van der Waals surface area contributed by atoms with Gasteiger partial charge in [-0.05, 0) is 31.2 Å². The molecule has 2 aromatic carbocycles. The summed E-state index contributed by atoms with van der Waals surface area (Å²) in [6.07, 6.45) is 0. The van der Waals surface area contributed by atoms with Crippen LogP contribution in [-0.2, 0) is 0 Å². The maximum Gasteiger partial charge on any atom is 0.0650 e. The van der Waals surface area contributed by atoms with E-state index in [2.05, 4.69) is 65.7 Å². The summed E-state index contributed by atoms with van der Waals surface area (Å²) in [7, 11) is 0.